The molecule has 0 aliphatic heterocycles. The van der Waals surface area contributed by atoms with Crippen molar-refractivity contribution in [2.24, 2.45) is 0 Å². The molecule has 0 aromatic heterocycles. The van der Waals surface area contributed by atoms with Crippen LogP contribution in [0.3, 0.4) is 0 Å². The van der Waals surface area contributed by atoms with Gasteiger partial charge < -0.3 is 10.2 Å². The van der Waals surface area contributed by atoms with Crippen molar-refractivity contribution < 1.29 is 14.0 Å². The number of halogens is 1. The molecule has 0 spiro atoms. The predicted molar refractivity (Wildman–Crippen MR) is 116 cm³/mol. The van der Waals surface area contributed by atoms with Crippen LogP contribution in [0.1, 0.15) is 62.2 Å². The van der Waals surface area contributed by atoms with E-state index in [9.17, 15) is 14.0 Å². The summed E-state index contributed by atoms with van der Waals surface area (Å²) in [6.07, 6.45) is 6.74. The number of nitrogens with one attached hydrogen (secondary N) is 1. The zero-order valence-corrected chi connectivity index (χ0v) is 17.2. The molecular formula is C24H31FN2O2. The second kappa shape index (κ2) is 12.7. The molecule has 0 radical (unpaired) electrons. The molecule has 0 heterocycles. The minimum atomic E-state index is -0.367. The number of carbonyl (C=O) groups is 2. The third-order valence-corrected chi connectivity index (χ3v) is 4.81. The molecule has 0 fully saturated rings. The zero-order chi connectivity index (χ0) is 20.9. The van der Waals surface area contributed by atoms with E-state index in [4.69, 9.17) is 0 Å². The van der Waals surface area contributed by atoms with E-state index >= 15 is 0 Å². The minimum Gasteiger partial charge on any atom is -0.352 e. The number of nitrogens with zero attached hydrogens (tertiary/aromatic N) is 1. The van der Waals surface area contributed by atoms with Crippen LogP contribution < -0.4 is 10.2 Å². The Morgan fingerprint density at radius 2 is 1.59 bits per heavy atom. The second-order valence-corrected chi connectivity index (χ2v) is 7.16. The Hall–Kier alpha value is -2.69. The summed E-state index contributed by atoms with van der Waals surface area (Å²) < 4.78 is 13.0. The first kappa shape index (κ1) is 22.6. The number of carbonyl (C=O) groups excluding carboxylic acids is 2. The summed E-state index contributed by atoms with van der Waals surface area (Å²) in [6, 6.07) is 15.1. The zero-order valence-electron chi connectivity index (χ0n) is 17.2. The lowest BCUT2D eigenvalue weighted by Gasteiger charge is -2.23. The monoisotopic (exact) mass is 398 g/mol. The highest BCUT2D eigenvalue weighted by atomic mass is 19.1. The molecule has 29 heavy (non-hydrogen) atoms. The summed E-state index contributed by atoms with van der Waals surface area (Å²) in [4.78, 5) is 26.7. The Kier molecular flexibility index (Phi) is 9.90. The molecule has 0 atom stereocenters. The van der Waals surface area contributed by atoms with Crippen LogP contribution in [0.5, 0.6) is 0 Å². The van der Waals surface area contributed by atoms with Gasteiger partial charge in [0.05, 0.1) is 0 Å². The van der Waals surface area contributed by atoms with Gasteiger partial charge in [-0.1, -0.05) is 50.8 Å². The van der Waals surface area contributed by atoms with Gasteiger partial charge in [-0.05, 0) is 49.2 Å². The molecule has 2 amide bonds. The van der Waals surface area contributed by atoms with Crippen LogP contribution in [0.25, 0.3) is 0 Å². The van der Waals surface area contributed by atoms with Gasteiger partial charge >= 0.3 is 0 Å². The molecule has 4 nitrogen and oxygen atoms in total. The number of rotatable bonds is 12. The van der Waals surface area contributed by atoms with Crippen molar-refractivity contribution in [2.75, 3.05) is 18.0 Å². The quantitative estimate of drug-likeness (QED) is 0.491. The molecular weight excluding hydrogens is 367 g/mol. The van der Waals surface area contributed by atoms with Crippen LogP contribution >= 0.6 is 0 Å². The van der Waals surface area contributed by atoms with Crippen molar-refractivity contribution in [3.8, 4) is 0 Å². The number of amides is 2. The molecule has 2 rings (SSSR count). The highest BCUT2D eigenvalue weighted by molar-refractivity contribution is 5.94. The molecule has 0 aliphatic rings. The molecule has 0 saturated carbocycles. The highest BCUT2D eigenvalue weighted by Crippen LogP contribution is 2.16. The van der Waals surface area contributed by atoms with Crippen molar-refractivity contribution >= 4 is 17.5 Å². The first-order valence-corrected chi connectivity index (χ1v) is 10.5. The summed E-state index contributed by atoms with van der Waals surface area (Å²) in [6.45, 7) is 3.17. The van der Waals surface area contributed by atoms with E-state index in [-0.39, 0.29) is 17.6 Å². The minimum absolute atomic E-state index is 0.123. The largest absolute Gasteiger partial charge is 0.352 e. The Morgan fingerprint density at radius 3 is 2.28 bits per heavy atom. The van der Waals surface area contributed by atoms with Crippen LogP contribution in [0.2, 0.25) is 0 Å². The molecule has 2 aromatic rings. The van der Waals surface area contributed by atoms with Crippen molar-refractivity contribution in [1.29, 1.82) is 0 Å². The third-order valence-electron chi connectivity index (χ3n) is 4.81. The number of benzene rings is 2. The Balaban J connectivity index is 1.83. The van der Waals surface area contributed by atoms with Gasteiger partial charge in [-0.15, -0.1) is 0 Å². The lowest BCUT2D eigenvalue weighted by Crippen LogP contribution is -2.34. The molecule has 0 unspecified atom stereocenters. The van der Waals surface area contributed by atoms with Crippen LogP contribution in [0.4, 0.5) is 10.1 Å². The molecule has 0 aliphatic carbocycles. The maximum atomic E-state index is 13.0. The average molecular weight is 399 g/mol. The summed E-state index contributed by atoms with van der Waals surface area (Å²) in [5, 5.41) is 2.83. The van der Waals surface area contributed by atoms with E-state index in [2.05, 4.69) is 12.2 Å². The van der Waals surface area contributed by atoms with Crippen LogP contribution in [-0.2, 0) is 4.79 Å². The first-order valence-electron chi connectivity index (χ1n) is 10.5. The number of para-hydroxylation sites is 1. The number of unbranched alkanes of at least 4 members (excludes halogenated alkanes) is 4. The maximum Gasteiger partial charge on any atom is 0.251 e. The van der Waals surface area contributed by atoms with E-state index in [1.54, 1.807) is 0 Å². The lowest BCUT2D eigenvalue weighted by molar-refractivity contribution is -0.118. The van der Waals surface area contributed by atoms with Crippen LogP contribution in [-0.4, -0.2) is 24.9 Å². The fourth-order valence-corrected chi connectivity index (χ4v) is 3.16. The van der Waals surface area contributed by atoms with Gasteiger partial charge in [0.1, 0.15) is 5.82 Å². The Morgan fingerprint density at radius 1 is 0.897 bits per heavy atom. The predicted octanol–water partition coefficient (Wildman–Crippen LogP) is 5.34. The van der Waals surface area contributed by atoms with Gasteiger partial charge in [-0.2, -0.15) is 0 Å². The Bertz CT molecular complexity index is 747. The van der Waals surface area contributed by atoms with Crippen molar-refractivity contribution in [2.45, 2.75) is 51.9 Å². The van der Waals surface area contributed by atoms with Crippen molar-refractivity contribution in [3.63, 3.8) is 0 Å². The number of hydrogen-bond donors (Lipinski definition) is 1. The summed E-state index contributed by atoms with van der Waals surface area (Å²) in [7, 11) is 0. The molecule has 5 heteroatoms. The van der Waals surface area contributed by atoms with Gasteiger partial charge in [0.15, 0.2) is 0 Å². The smallest absolute Gasteiger partial charge is 0.251 e. The topological polar surface area (TPSA) is 49.4 Å². The summed E-state index contributed by atoms with van der Waals surface area (Å²) in [5.74, 6) is -0.482. The standard InChI is InChI=1S/C24H31FN2O2/c1-2-3-4-5-9-13-23(28)27(22-11-7-6-8-12-22)19-10-18-26-24(29)20-14-16-21(25)17-15-20/h6-8,11-12,14-17H,2-5,9-10,13,18-19H2,1H3,(H,26,29). The summed E-state index contributed by atoms with van der Waals surface area (Å²) in [5.41, 5.74) is 1.31. The Labute approximate surface area is 173 Å². The van der Waals surface area contributed by atoms with E-state index in [0.717, 1.165) is 18.5 Å². The second-order valence-electron chi connectivity index (χ2n) is 7.16. The van der Waals surface area contributed by atoms with Gasteiger partial charge in [0.2, 0.25) is 5.91 Å². The maximum absolute atomic E-state index is 13.0. The fraction of sp³-hybridized carbons (Fsp3) is 0.417. The molecule has 0 saturated heterocycles. The van der Waals surface area contributed by atoms with E-state index in [0.29, 0.717) is 31.5 Å². The van der Waals surface area contributed by atoms with E-state index in [1.807, 2.05) is 35.2 Å². The normalized spacial score (nSPS) is 10.6. The average Bonchev–Trinajstić information content (AvgIpc) is 2.74. The van der Waals surface area contributed by atoms with Gasteiger partial charge in [0, 0.05) is 30.8 Å². The molecule has 1 N–H and O–H groups in total. The van der Waals surface area contributed by atoms with Crippen molar-refractivity contribution in [1.82, 2.24) is 5.32 Å². The van der Waals surface area contributed by atoms with Crippen molar-refractivity contribution in [3.05, 3.63) is 66.0 Å². The summed E-state index contributed by atoms with van der Waals surface area (Å²) >= 11 is 0. The lowest BCUT2D eigenvalue weighted by atomic mass is 10.1. The number of hydrogen-bond acceptors (Lipinski definition) is 2. The number of anilines is 1. The van der Waals surface area contributed by atoms with Crippen LogP contribution in [0, 0.1) is 5.82 Å². The molecule has 156 valence electrons. The van der Waals surface area contributed by atoms with E-state index < -0.39 is 0 Å². The molecule has 0 bridgehead atoms. The van der Waals surface area contributed by atoms with Gasteiger partial charge in [0.25, 0.3) is 5.91 Å². The molecule has 2 aromatic carbocycles. The highest BCUT2D eigenvalue weighted by Gasteiger charge is 2.15. The third kappa shape index (κ3) is 8.06. The van der Waals surface area contributed by atoms with Gasteiger partial charge in [-0.3, -0.25) is 9.59 Å². The SMILES string of the molecule is CCCCCCCC(=O)N(CCCNC(=O)c1ccc(F)cc1)c1ccccc1. The fourth-order valence-electron chi connectivity index (χ4n) is 3.16. The van der Waals surface area contributed by atoms with Crippen LogP contribution in [0.15, 0.2) is 54.6 Å². The first-order chi connectivity index (χ1) is 14.1. The van der Waals surface area contributed by atoms with E-state index in [1.165, 1.54) is 43.5 Å². The van der Waals surface area contributed by atoms with Gasteiger partial charge in [-0.25, -0.2) is 4.39 Å².